The van der Waals surface area contributed by atoms with E-state index < -0.39 is 14.0 Å². The number of nitrogens with zero attached hydrogens (tertiary/aromatic N) is 1. The van der Waals surface area contributed by atoms with Gasteiger partial charge in [-0.1, -0.05) is 19.6 Å². The zero-order valence-corrected chi connectivity index (χ0v) is 18.0. The first-order valence-corrected chi connectivity index (χ1v) is 12.7. The van der Waals surface area contributed by atoms with E-state index in [1.807, 2.05) is 0 Å². The summed E-state index contributed by atoms with van der Waals surface area (Å²) < 4.78 is 22.6. The van der Waals surface area contributed by atoms with Gasteiger partial charge in [0.25, 0.3) is 5.56 Å². The molecule has 0 saturated heterocycles. The SMILES string of the molecule is COC(=O)c1ccn(-c2ccc(OCOCC[Si](C)(C)C)c(OC)c2)c(=O)c1. The summed E-state index contributed by atoms with van der Waals surface area (Å²) in [5.74, 6) is 0.452. The van der Waals surface area contributed by atoms with E-state index in [0.717, 1.165) is 6.04 Å². The Bertz CT molecular complexity index is 872. The van der Waals surface area contributed by atoms with Gasteiger partial charge in [-0.3, -0.25) is 9.36 Å². The lowest BCUT2D eigenvalue weighted by Crippen LogP contribution is -2.22. The number of methoxy groups -OCH3 is 2. The minimum atomic E-state index is -1.13. The third-order valence-corrected chi connectivity index (χ3v) is 5.76. The maximum atomic E-state index is 12.3. The first kappa shape index (κ1) is 21.7. The molecule has 0 saturated carbocycles. The van der Waals surface area contributed by atoms with Crippen LogP contribution in [0.15, 0.2) is 41.3 Å². The second kappa shape index (κ2) is 9.56. The lowest BCUT2D eigenvalue weighted by atomic mass is 10.2. The number of ether oxygens (including phenoxy) is 4. The van der Waals surface area contributed by atoms with Crippen molar-refractivity contribution in [1.82, 2.24) is 4.57 Å². The fourth-order valence-electron chi connectivity index (χ4n) is 2.40. The van der Waals surface area contributed by atoms with Gasteiger partial charge >= 0.3 is 5.97 Å². The smallest absolute Gasteiger partial charge is 0.338 e. The highest BCUT2D eigenvalue weighted by Gasteiger charge is 2.13. The topological polar surface area (TPSA) is 76.0 Å². The highest BCUT2D eigenvalue weighted by Crippen LogP contribution is 2.29. The zero-order valence-electron chi connectivity index (χ0n) is 17.0. The molecular formula is C20H27NO6Si. The largest absolute Gasteiger partial charge is 0.493 e. The van der Waals surface area contributed by atoms with Gasteiger partial charge in [0, 0.05) is 33.0 Å². The molecule has 8 heteroatoms. The van der Waals surface area contributed by atoms with E-state index in [-0.39, 0.29) is 17.9 Å². The van der Waals surface area contributed by atoms with Gasteiger partial charge in [-0.05, 0) is 24.2 Å². The molecule has 2 aromatic rings. The molecule has 0 aliphatic rings. The summed E-state index contributed by atoms with van der Waals surface area (Å²) >= 11 is 0. The Labute approximate surface area is 165 Å². The average Bonchev–Trinajstić information content (AvgIpc) is 2.66. The van der Waals surface area contributed by atoms with Gasteiger partial charge in [-0.15, -0.1) is 0 Å². The second-order valence-electron chi connectivity index (χ2n) is 7.43. The number of esters is 1. The van der Waals surface area contributed by atoms with Crippen molar-refractivity contribution in [2.24, 2.45) is 0 Å². The number of carbonyl (C=O) groups excluding carboxylic acids is 1. The molecule has 0 fully saturated rings. The van der Waals surface area contributed by atoms with E-state index in [9.17, 15) is 9.59 Å². The summed E-state index contributed by atoms with van der Waals surface area (Å²) in [6.45, 7) is 7.67. The Morgan fingerprint density at radius 2 is 1.82 bits per heavy atom. The summed E-state index contributed by atoms with van der Waals surface area (Å²) in [6, 6.07) is 8.97. The molecule has 0 aliphatic heterocycles. The van der Waals surface area contributed by atoms with Crippen LogP contribution >= 0.6 is 0 Å². The van der Waals surface area contributed by atoms with Crippen LogP contribution in [-0.4, -0.2) is 46.2 Å². The Kier molecular flexibility index (Phi) is 7.42. The molecule has 0 spiro atoms. The van der Waals surface area contributed by atoms with Gasteiger partial charge in [-0.25, -0.2) is 4.79 Å². The van der Waals surface area contributed by atoms with Crippen LogP contribution in [0, 0.1) is 0 Å². The van der Waals surface area contributed by atoms with Crippen molar-refractivity contribution in [1.29, 1.82) is 0 Å². The highest BCUT2D eigenvalue weighted by molar-refractivity contribution is 6.76. The van der Waals surface area contributed by atoms with Crippen LogP contribution in [0.3, 0.4) is 0 Å². The number of aromatic nitrogens is 1. The monoisotopic (exact) mass is 405 g/mol. The Morgan fingerprint density at radius 3 is 2.43 bits per heavy atom. The van der Waals surface area contributed by atoms with E-state index in [4.69, 9.17) is 14.2 Å². The average molecular weight is 406 g/mol. The molecule has 0 N–H and O–H groups in total. The maximum absolute atomic E-state index is 12.3. The normalized spacial score (nSPS) is 11.2. The molecule has 0 amide bonds. The van der Waals surface area contributed by atoms with Crippen LogP contribution in [0.2, 0.25) is 25.7 Å². The Balaban J connectivity index is 2.10. The van der Waals surface area contributed by atoms with E-state index in [0.29, 0.717) is 23.8 Å². The molecule has 0 atom stereocenters. The van der Waals surface area contributed by atoms with Crippen LogP contribution in [0.1, 0.15) is 10.4 Å². The predicted octanol–water partition coefficient (Wildman–Crippen LogP) is 3.32. The minimum Gasteiger partial charge on any atom is -0.493 e. The van der Waals surface area contributed by atoms with Gasteiger partial charge in [0.1, 0.15) is 0 Å². The molecule has 0 unspecified atom stereocenters. The number of rotatable bonds is 9. The van der Waals surface area contributed by atoms with Crippen molar-refractivity contribution >= 4 is 14.0 Å². The molecule has 0 radical (unpaired) electrons. The quantitative estimate of drug-likeness (QED) is 0.276. The van der Waals surface area contributed by atoms with Crippen LogP contribution in [0.25, 0.3) is 5.69 Å². The van der Waals surface area contributed by atoms with Crippen molar-refractivity contribution < 1.29 is 23.7 Å². The molecule has 152 valence electrons. The first-order valence-electron chi connectivity index (χ1n) is 8.95. The molecule has 0 aliphatic carbocycles. The van der Waals surface area contributed by atoms with Crippen LogP contribution in [0.4, 0.5) is 0 Å². The predicted molar refractivity (Wildman–Crippen MR) is 110 cm³/mol. The van der Waals surface area contributed by atoms with Gasteiger partial charge in [-0.2, -0.15) is 0 Å². The third kappa shape index (κ3) is 5.96. The molecule has 2 rings (SSSR count). The van der Waals surface area contributed by atoms with Gasteiger partial charge in [0.05, 0.1) is 25.5 Å². The van der Waals surface area contributed by atoms with E-state index in [1.165, 1.54) is 37.1 Å². The Hall–Kier alpha value is -2.58. The molecule has 1 aromatic heterocycles. The van der Waals surface area contributed by atoms with Crippen molar-refractivity contribution in [2.45, 2.75) is 25.7 Å². The Morgan fingerprint density at radius 1 is 1.07 bits per heavy atom. The summed E-state index contributed by atoms with van der Waals surface area (Å²) in [5.41, 5.74) is 0.435. The number of hydrogen-bond donors (Lipinski definition) is 0. The van der Waals surface area contributed by atoms with Crippen LogP contribution in [-0.2, 0) is 9.47 Å². The first-order chi connectivity index (χ1) is 13.2. The van der Waals surface area contributed by atoms with Crippen molar-refractivity contribution in [3.05, 3.63) is 52.4 Å². The van der Waals surface area contributed by atoms with Crippen molar-refractivity contribution in [3.8, 4) is 17.2 Å². The lowest BCUT2D eigenvalue weighted by Gasteiger charge is -2.16. The fraction of sp³-hybridized carbons (Fsp3) is 0.400. The summed E-state index contributed by atoms with van der Waals surface area (Å²) in [7, 11) is 1.66. The van der Waals surface area contributed by atoms with E-state index in [2.05, 4.69) is 24.4 Å². The number of benzene rings is 1. The standard InChI is InChI=1S/C20H27NO6Si/c1-24-18-13-16(21-9-8-15(12-19(21)22)20(23)25-2)6-7-17(18)27-14-26-10-11-28(3,4)5/h6-9,12-13H,10-11,14H2,1-5H3. The molecular weight excluding hydrogens is 378 g/mol. The summed E-state index contributed by atoms with van der Waals surface area (Å²) in [5, 5.41) is 0. The molecule has 0 bridgehead atoms. The molecule has 28 heavy (non-hydrogen) atoms. The molecule has 1 heterocycles. The summed E-state index contributed by atoms with van der Waals surface area (Å²) in [4.78, 5) is 23.9. The minimum absolute atomic E-state index is 0.133. The lowest BCUT2D eigenvalue weighted by molar-refractivity contribution is 0.0205. The van der Waals surface area contributed by atoms with Gasteiger partial charge in [0.15, 0.2) is 18.3 Å². The third-order valence-electron chi connectivity index (χ3n) is 4.06. The second-order valence-corrected chi connectivity index (χ2v) is 13.1. The van der Waals surface area contributed by atoms with Crippen LogP contribution < -0.4 is 15.0 Å². The number of hydrogen-bond acceptors (Lipinski definition) is 6. The maximum Gasteiger partial charge on any atom is 0.338 e. The molecule has 7 nitrogen and oxygen atoms in total. The van der Waals surface area contributed by atoms with Gasteiger partial charge in [0.2, 0.25) is 0 Å². The van der Waals surface area contributed by atoms with Gasteiger partial charge < -0.3 is 18.9 Å². The van der Waals surface area contributed by atoms with E-state index >= 15 is 0 Å². The van der Waals surface area contributed by atoms with E-state index in [1.54, 1.807) is 18.2 Å². The summed E-state index contributed by atoms with van der Waals surface area (Å²) in [6.07, 6.45) is 1.52. The fourth-order valence-corrected chi connectivity index (χ4v) is 3.16. The zero-order chi connectivity index (χ0) is 20.7. The highest BCUT2D eigenvalue weighted by atomic mass is 28.3. The van der Waals surface area contributed by atoms with Crippen molar-refractivity contribution in [3.63, 3.8) is 0 Å². The number of carbonyl (C=O) groups is 1. The van der Waals surface area contributed by atoms with Crippen LogP contribution in [0.5, 0.6) is 11.5 Å². The van der Waals surface area contributed by atoms with Crippen molar-refractivity contribution in [2.75, 3.05) is 27.6 Å². The number of pyridine rings is 1. The molecule has 1 aromatic carbocycles.